The van der Waals surface area contributed by atoms with E-state index in [0.717, 1.165) is 22.3 Å². The number of hydrogen-bond donors (Lipinski definition) is 3. The molecular weight excluding hydrogens is 444 g/mol. The predicted molar refractivity (Wildman–Crippen MR) is 134 cm³/mol. The van der Waals surface area contributed by atoms with Gasteiger partial charge in [-0.25, -0.2) is 9.59 Å². The number of alkyl carbamates (subject to hydrolysis) is 1. The summed E-state index contributed by atoms with van der Waals surface area (Å²) in [5, 5.41) is 14.8. The Morgan fingerprint density at radius 1 is 0.914 bits per heavy atom. The number of carboxylic acid groups (broad SMARTS) is 1. The highest BCUT2D eigenvalue weighted by molar-refractivity contribution is 6.03. The Balaban J connectivity index is 1.45. The van der Waals surface area contributed by atoms with E-state index in [9.17, 15) is 19.5 Å². The van der Waals surface area contributed by atoms with E-state index in [1.54, 1.807) is 32.9 Å². The number of ether oxygens (including phenoxy) is 1. The molecule has 0 aliphatic heterocycles. The number of benzene rings is 3. The summed E-state index contributed by atoms with van der Waals surface area (Å²) in [4.78, 5) is 37.4. The van der Waals surface area contributed by atoms with E-state index in [1.165, 1.54) is 6.07 Å². The fraction of sp³-hybridized carbons (Fsp3) is 0.250. The second-order valence-corrected chi connectivity index (χ2v) is 8.98. The lowest BCUT2D eigenvalue weighted by Gasteiger charge is -2.23. The topological polar surface area (TPSA) is 105 Å². The maximum atomic E-state index is 13.0. The van der Waals surface area contributed by atoms with Gasteiger partial charge in [0.15, 0.2) is 0 Å². The second-order valence-electron chi connectivity index (χ2n) is 8.98. The fourth-order valence-corrected chi connectivity index (χ4v) is 4.57. The summed E-state index contributed by atoms with van der Waals surface area (Å²) in [5.41, 5.74) is 5.18. The Labute approximate surface area is 204 Å². The van der Waals surface area contributed by atoms with Crippen molar-refractivity contribution in [3.8, 4) is 11.1 Å². The molecule has 35 heavy (non-hydrogen) atoms. The third kappa shape index (κ3) is 4.89. The van der Waals surface area contributed by atoms with Gasteiger partial charge in [-0.15, -0.1) is 0 Å². The van der Waals surface area contributed by atoms with E-state index < -0.39 is 24.0 Å². The molecule has 0 bridgehead atoms. The van der Waals surface area contributed by atoms with Gasteiger partial charge in [0.2, 0.25) is 5.91 Å². The fourth-order valence-electron chi connectivity index (χ4n) is 4.57. The Morgan fingerprint density at radius 3 is 2.09 bits per heavy atom. The lowest BCUT2D eigenvalue weighted by atomic mass is 9.98. The van der Waals surface area contributed by atoms with Crippen LogP contribution < -0.4 is 10.6 Å². The van der Waals surface area contributed by atoms with Crippen LogP contribution in [0.25, 0.3) is 11.1 Å². The number of rotatable bonds is 7. The van der Waals surface area contributed by atoms with Crippen LogP contribution in [-0.2, 0) is 9.53 Å². The zero-order chi connectivity index (χ0) is 25.1. The van der Waals surface area contributed by atoms with Crippen molar-refractivity contribution < 1.29 is 24.2 Å². The molecule has 0 saturated carbocycles. The quantitative estimate of drug-likeness (QED) is 0.439. The molecule has 0 fully saturated rings. The van der Waals surface area contributed by atoms with E-state index >= 15 is 0 Å². The summed E-state index contributed by atoms with van der Waals surface area (Å²) in [6.07, 6.45) is -0.705. The lowest BCUT2D eigenvalue weighted by molar-refractivity contribution is -0.119. The summed E-state index contributed by atoms with van der Waals surface area (Å²) in [6.45, 7) is 5.38. The molecular formula is C28H28N2O5. The van der Waals surface area contributed by atoms with E-state index in [1.807, 2.05) is 36.4 Å². The van der Waals surface area contributed by atoms with Gasteiger partial charge in [0.05, 0.1) is 11.3 Å². The van der Waals surface area contributed by atoms with Gasteiger partial charge in [-0.1, -0.05) is 74.5 Å². The second kappa shape index (κ2) is 10.0. The molecule has 3 aromatic rings. The summed E-state index contributed by atoms with van der Waals surface area (Å²) in [6, 6.07) is 20.0. The van der Waals surface area contributed by atoms with Crippen molar-refractivity contribution in [2.45, 2.75) is 32.7 Å². The molecule has 1 aliphatic rings. The van der Waals surface area contributed by atoms with Crippen molar-refractivity contribution in [3.05, 3.63) is 89.0 Å². The summed E-state index contributed by atoms with van der Waals surface area (Å²) >= 11 is 0. The number of fused-ring (bicyclic) bond motifs is 3. The average molecular weight is 473 g/mol. The van der Waals surface area contributed by atoms with E-state index in [-0.39, 0.29) is 29.7 Å². The molecule has 0 unspecified atom stereocenters. The number of carboxylic acids is 1. The number of carbonyl (C=O) groups excluding carboxylic acids is 2. The molecule has 2 amide bonds. The Bertz CT molecular complexity index is 1240. The molecule has 1 aliphatic carbocycles. The van der Waals surface area contributed by atoms with Crippen LogP contribution in [0.5, 0.6) is 0 Å². The predicted octanol–water partition coefficient (Wildman–Crippen LogP) is 5.20. The van der Waals surface area contributed by atoms with Crippen molar-refractivity contribution in [1.82, 2.24) is 5.32 Å². The first-order valence-corrected chi connectivity index (χ1v) is 11.5. The van der Waals surface area contributed by atoms with Crippen LogP contribution in [0.3, 0.4) is 0 Å². The van der Waals surface area contributed by atoms with E-state index in [4.69, 9.17) is 4.74 Å². The number of carbonyl (C=O) groups is 3. The smallest absolute Gasteiger partial charge is 0.407 e. The molecule has 3 aromatic carbocycles. The number of amides is 2. The van der Waals surface area contributed by atoms with Crippen LogP contribution >= 0.6 is 0 Å². The Morgan fingerprint density at radius 2 is 1.51 bits per heavy atom. The lowest BCUT2D eigenvalue weighted by Crippen LogP contribution is -2.47. The number of aryl methyl sites for hydroxylation is 1. The Kier molecular flexibility index (Phi) is 6.87. The van der Waals surface area contributed by atoms with Crippen molar-refractivity contribution in [1.29, 1.82) is 0 Å². The van der Waals surface area contributed by atoms with Gasteiger partial charge in [0.25, 0.3) is 0 Å². The van der Waals surface area contributed by atoms with Crippen LogP contribution in [-0.4, -0.2) is 35.7 Å². The normalized spacial score (nSPS) is 13.0. The summed E-state index contributed by atoms with van der Waals surface area (Å²) in [7, 11) is 0. The number of nitrogens with one attached hydrogen (secondary N) is 2. The number of aromatic carboxylic acids is 1. The number of anilines is 1. The van der Waals surface area contributed by atoms with Crippen LogP contribution in [0.2, 0.25) is 0 Å². The van der Waals surface area contributed by atoms with Crippen LogP contribution in [0.15, 0.2) is 66.7 Å². The highest BCUT2D eigenvalue weighted by Crippen LogP contribution is 2.44. The van der Waals surface area contributed by atoms with Crippen LogP contribution in [0.4, 0.5) is 10.5 Å². The van der Waals surface area contributed by atoms with E-state index in [0.29, 0.717) is 5.56 Å². The minimum atomic E-state index is -1.14. The van der Waals surface area contributed by atoms with Crippen molar-refractivity contribution in [2.75, 3.05) is 11.9 Å². The first-order valence-electron chi connectivity index (χ1n) is 11.5. The highest BCUT2D eigenvalue weighted by atomic mass is 16.5. The van der Waals surface area contributed by atoms with Crippen molar-refractivity contribution >= 4 is 23.7 Å². The maximum absolute atomic E-state index is 13.0. The molecule has 3 N–H and O–H groups in total. The first kappa shape index (κ1) is 24.0. The van der Waals surface area contributed by atoms with Crippen molar-refractivity contribution in [2.24, 2.45) is 5.92 Å². The highest BCUT2D eigenvalue weighted by Gasteiger charge is 2.30. The minimum absolute atomic E-state index is 0.0181. The van der Waals surface area contributed by atoms with E-state index in [2.05, 4.69) is 22.8 Å². The van der Waals surface area contributed by atoms with Gasteiger partial charge >= 0.3 is 12.1 Å². The zero-order valence-electron chi connectivity index (χ0n) is 19.9. The summed E-state index contributed by atoms with van der Waals surface area (Å²) in [5.74, 6) is -2.00. The maximum Gasteiger partial charge on any atom is 0.407 e. The van der Waals surface area contributed by atoms with Gasteiger partial charge in [0, 0.05) is 5.92 Å². The molecule has 180 valence electrons. The molecule has 0 aromatic heterocycles. The molecule has 7 nitrogen and oxygen atoms in total. The SMILES string of the molecule is Cc1cccc(NC(=O)[C@H](NC(=O)OCC2c3ccccc3-c3ccccc32)C(C)C)c1C(=O)O. The van der Waals surface area contributed by atoms with Gasteiger partial charge in [-0.2, -0.15) is 0 Å². The molecule has 4 rings (SSSR count). The average Bonchev–Trinajstić information content (AvgIpc) is 3.14. The molecule has 7 heteroatoms. The van der Waals surface area contributed by atoms with Gasteiger partial charge in [-0.3, -0.25) is 4.79 Å². The summed E-state index contributed by atoms with van der Waals surface area (Å²) < 4.78 is 5.58. The third-order valence-electron chi connectivity index (χ3n) is 6.31. The van der Waals surface area contributed by atoms with Crippen LogP contribution in [0.1, 0.15) is 46.8 Å². The third-order valence-corrected chi connectivity index (χ3v) is 6.31. The molecule has 0 saturated heterocycles. The zero-order valence-corrected chi connectivity index (χ0v) is 19.9. The van der Waals surface area contributed by atoms with Gasteiger partial charge in [0.1, 0.15) is 12.6 Å². The molecule has 1 atom stereocenters. The molecule has 0 spiro atoms. The van der Waals surface area contributed by atoms with Gasteiger partial charge < -0.3 is 20.5 Å². The Hall–Kier alpha value is -4.13. The standard InChI is InChI=1S/C28H28N2O5/c1-16(2)25(26(31)29-23-14-8-9-17(3)24(23)27(32)33)30-28(34)35-15-22-20-12-6-4-10-18(20)19-11-5-7-13-21(19)22/h4-14,16,22,25H,15H2,1-3H3,(H,29,31)(H,30,34)(H,32,33)/t25-/m1/s1. The minimum Gasteiger partial charge on any atom is -0.478 e. The van der Waals surface area contributed by atoms with Crippen LogP contribution in [0, 0.1) is 12.8 Å². The van der Waals surface area contributed by atoms with Crippen molar-refractivity contribution in [3.63, 3.8) is 0 Å². The number of hydrogen-bond acceptors (Lipinski definition) is 4. The largest absolute Gasteiger partial charge is 0.478 e. The molecule has 0 heterocycles. The first-order chi connectivity index (χ1) is 16.8. The molecule has 0 radical (unpaired) electrons. The van der Waals surface area contributed by atoms with Gasteiger partial charge in [-0.05, 0) is 46.7 Å². The monoisotopic (exact) mass is 472 g/mol.